The number of hydrogen-bond donors (Lipinski definition) is 0. The SMILES string of the molecule is CCOCCn1c(=NC(=O)CCSc2ccc(Cl)cc2)sc2ccc([N+](=O)[O-])cc21. The van der Waals surface area contributed by atoms with Crippen LogP contribution in [0.4, 0.5) is 5.69 Å². The van der Waals surface area contributed by atoms with Crippen LogP contribution >= 0.6 is 34.7 Å². The molecule has 0 fully saturated rings. The van der Waals surface area contributed by atoms with Crippen LogP contribution in [0.3, 0.4) is 0 Å². The molecule has 7 nitrogen and oxygen atoms in total. The Balaban J connectivity index is 1.80. The fourth-order valence-corrected chi connectivity index (χ4v) is 4.74. The van der Waals surface area contributed by atoms with Gasteiger partial charge in [-0.1, -0.05) is 22.9 Å². The topological polar surface area (TPSA) is 86.7 Å². The number of thioether (sulfide) groups is 1. The van der Waals surface area contributed by atoms with Crippen LogP contribution in [0.2, 0.25) is 5.02 Å². The second kappa shape index (κ2) is 10.7. The molecule has 2 aromatic carbocycles. The van der Waals surface area contributed by atoms with Gasteiger partial charge in [0.05, 0.1) is 21.7 Å². The quantitative estimate of drug-likeness (QED) is 0.194. The number of nitro benzene ring substituents is 1. The molecule has 3 aromatic rings. The number of benzene rings is 2. The third kappa shape index (κ3) is 5.91. The molecule has 158 valence electrons. The lowest BCUT2D eigenvalue weighted by atomic mass is 10.3. The minimum absolute atomic E-state index is 0.00250. The Morgan fingerprint density at radius 2 is 2.07 bits per heavy atom. The van der Waals surface area contributed by atoms with Crippen molar-refractivity contribution >= 4 is 56.5 Å². The molecule has 0 aliphatic rings. The largest absolute Gasteiger partial charge is 0.380 e. The first kappa shape index (κ1) is 22.5. The van der Waals surface area contributed by atoms with E-state index in [0.29, 0.717) is 40.9 Å². The first-order valence-electron chi connectivity index (χ1n) is 9.29. The highest BCUT2D eigenvalue weighted by Gasteiger charge is 2.13. The summed E-state index contributed by atoms with van der Waals surface area (Å²) in [4.78, 5) is 29.0. The third-order valence-corrected chi connectivity index (χ3v) is 6.48. The van der Waals surface area contributed by atoms with Crippen molar-refractivity contribution in [1.29, 1.82) is 0 Å². The van der Waals surface area contributed by atoms with Gasteiger partial charge in [0.2, 0.25) is 5.91 Å². The summed E-state index contributed by atoms with van der Waals surface area (Å²) in [5.74, 6) is 0.363. The van der Waals surface area contributed by atoms with Crippen molar-refractivity contribution in [2.24, 2.45) is 4.99 Å². The molecule has 0 spiro atoms. The van der Waals surface area contributed by atoms with E-state index in [-0.39, 0.29) is 18.0 Å². The molecule has 30 heavy (non-hydrogen) atoms. The Labute approximate surface area is 186 Å². The van der Waals surface area contributed by atoms with Crippen molar-refractivity contribution in [2.75, 3.05) is 19.0 Å². The van der Waals surface area contributed by atoms with Crippen LogP contribution in [0, 0.1) is 10.1 Å². The highest BCUT2D eigenvalue weighted by atomic mass is 35.5. The summed E-state index contributed by atoms with van der Waals surface area (Å²) >= 11 is 8.78. The maximum absolute atomic E-state index is 12.4. The molecule has 0 saturated carbocycles. The molecule has 10 heteroatoms. The van der Waals surface area contributed by atoms with Crippen molar-refractivity contribution in [3.05, 3.63) is 62.4 Å². The molecular formula is C20H20ClN3O4S2. The van der Waals surface area contributed by atoms with E-state index in [9.17, 15) is 14.9 Å². The van der Waals surface area contributed by atoms with Crippen molar-refractivity contribution in [2.45, 2.75) is 24.8 Å². The van der Waals surface area contributed by atoms with Crippen LogP contribution < -0.4 is 4.80 Å². The number of carbonyl (C=O) groups excluding carboxylic acids is 1. The van der Waals surface area contributed by atoms with Crippen molar-refractivity contribution in [3.8, 4) is 0 Å². The summed E-state index contributed by atoms with van der Waals surface area (Å²) in [5.41, 5.74) is 0.679. The van der Waals surface area contributed by atoms with Crippen LogP contribution in [-0.2, 0) is 16.1 Å². The van der Waals surface area contributed by atoms with Crippen molar-refractivity contribution in [1.82, 2.24) is 4.57 Å². The number of carbonyl (C=O) groups is 1. The molecule has 3 rings (SSSR count). The number of non-ortho nitro benzene ring substituents is 1. The van der Waals surface area contributed by atoms with Crippen molar-refractivity contribution < 1.29 is 14.5 Å². The number of rotatable bonds is 9. The van der Waals surface area contributed by atoms with E-state index in [2.05, 4.69) is 4.99 Å². The summed E-state index contributed by atoms with van der Waals surface area (Å²) in [6, 6.07) is 12.1. The van der Waals surface area contributed by atoms with Gasteiger partial charge in [-0.05, 0) is 37.3 Å². The van der Waals surface area contributed by atoms with Gasteiger partial charge in [-0.15, -0.1) is 11.8 Å². The predicted molar refractivity (Wildman–Crippen MR) is 120 cm³/mol. The second-order valence-electron chi connectivity index (χ2n) is 6.20. The number of ether oxygens (including phenoxy) is 1. The summed E-state index contributed by atoms with van der Waals surface area (Å²) < 4.78 is 8.07. The summed E-state index contributed by atoms with van der Waals surface area (Å²) in [7, 11) is 0. The average molecular weight is 466 g/mol. The molecule has 1 aromatic heterocycles. The Morgan fingerprint density at radius 3 is 2.77 bits per heavy atom. The van der Waals surface area contributed by atoms with Gasteiger partial charge in [0.1, 0.15) is 0 Å². The lowest BCUT2D eigenvalue weighted by Gasteiger charge is -2.05. The molecule has 0 aliphatic heterocycles. The zero-order chi connectivity index (χ0) is 21.5. The first-order chi connectivity index (χ1) is 14.5. The zero-order valence-electron chi connectivity index (χ0n) is 16.2. The molecule has 0 saturated heterocycles. The monoisotopic (exact) mass is 465 g/mol. The highest BCUT2D eigenvalue weighted by molar-refractivity contribution is 7.99. The smallest absolute Gasteiger partial charge is 0.271 e. The van der Waals surface area contributed by atoms with Gasteiger partial charge < -0.3 is 9.30 Å². The van der Waals surface area contributed by atoms with Crippen molar-refractivity contribution in [3.63, 3.8) is 0 Å². The van der Waals surface area contributed by atoms with E-state index in [1.165, 1.54) is 23.5 Å². The number of fused-ring (bicyclic) bond motifs is 1. The Kier molecular flexibility index (Phi) is 8.03. The van der Waals surface area contributed by atoms with E-state index in [0.717, 1.165) is 9.60 Å². The molecule has 0 radical (unpaired) electrons. The summed E-state index contributed by atoms with van der Waals surface area (Å²) in [6.45, 7) is 3.35. The third-order valence-electron chi connectivity index (χ3n) is 4.16. The van der Waals surface area contributed by atoms with Gasteiger partial charge in [-0.3, -0.25) is 14.9 Å². The van der Waals surface area contributed by atoms with E-state index in [1.54, 1.807) is 17.8 Å². The molecule has 0 unspecified atom stereocenters. The fraction of sp³-hybridized carbons (Fsp3) is 0.300. The normalized spacial score (nSPS) is 11.9. The molecule has 0 aliphatic carbocycles. The number of amides is 1. The molecule has 0 bridgehead atoms. The van der Waals surface area contributed by atoms with E-state index in [1.807, 2.05) is 35.8 Å². The van der Waals surface area contributed by atoms with Crippen LogP contribution in [0.15, 0.2) is 52.4 Å². The summed E-state index contributed by atoms with van der Waals surface area (Å²) in [6.07, 6.45) is 0.285. The average Bonchev–Trinajstić information content (AvgIpc) is 3.06. The number of hydrogen-bond acceptors (Lipinski definition) is 6. The Hall–Kier alpha value is -2.20. The number of thiazole rings is 1. The molecule has 1 heterocycles. The number of nitrogens with zero attached hydrogens (tertiary/aromatic N) is 3. The molecular weight excluding hydrogens is 446 g/mol. The van der Waals surface area contributed by atoms with Gasteiger partial charge in [-0.25, -0.2) is 0 Å². The van der Waals surface area contributed by atoms with Gasteiger partial charge in [0, 0.05) is 47.4 Å². The fourth-order valence-electron chi connectivity index (χ4n) is 2.72. The minimum atomic E-state index is -0.431. The molecule has 1 amide bonds. The molecule has 0 N–H and O–H groups in total. The maximum Gasteiger partial charge on any atom is 0.271 e. The number of halogens is 1. The van der Waals surface area contributed by atoms with Gasteiger partial charge in [0.15, 0.2) is 4.80 Å². The van der Waals surface area contributed by atoms with Gasteiger partial charge in [0.25, 0.3) is 5.69 Å². The number of nitro groups is 1. The Bertz CT molecular complexity index is 1110. The van der Waals surface area contributed by atoms with Crippen LogP contribution in [0.1, 0.15) is 13.3 Å². The molecule has 0 atom stereocenters. The van der Waals surface area contributed by atoms with E-state index in [4.69, 9.17) is 16.3 Å². The second-order valence-corrected chi connectivity index (χ2v) is 8.81. The van der Waals surface area contributed by atoms with Crippen LogP contribution in [0.5, 0.6) is 0 Å². The van der Waals surface area contributed by atoms with Crippen LogP contribution in [0.25, 0.3) is 10.2 Å². The minimum Gasteiger partial charge on any atom is -0.380 e. The lowest BCUT2D eigenvalue weighted by Crippen LogP contribution is -2.19. The van der Waals surface area contributed by atoms with E-state index >= 15 is 0 Å². The zero-order valence-corrected chi connectivity index (χ0v) is 18.6. The van der Waals surface area contributed by atoms with Crippen LogP contribution in [-0.4, -0.2) is 34.4 Å². The van der Waals surface area contributed by atoms with Gasteiger partial charge >= 0.3 is 0 Å². The summed E-state index contributed by atoms with van der Waals surface area (Å²) in [5, 5.41) is 11.8. The standard InChI is InChI=1S/C20H20ClN3O4S2/c1-2-28-11-10-23-17-13-15(24(26)27)5-8-18(17)30-20(23)22-19(25)9-12-29-16-6-3-14(21)4-7-16/h3-8,13H,2,9-12H2,1H3. The van der Waals surface area contributed by atoms with Gasteiger partial charge in [-0.2, -0.15) is 4.99 Å². The maximum atomic E-state index is 12.4. The first-order valence-corrected chi connectivity index (χ1v) is 11.5. The number of aromatic nitrogens is 1. The Morgan fingerprint density at radius 1 is 1.30 bits per heavy atom. The van der Waals surface area contributed by atoms with E-state index < -0.39 is 4.92 Å². The highest BCUT2D eigenvalue weighted by Crippen LogP contribution is 2.24. The lowest BCUT2D eigenvalue weighted by molar-refractivity contribution is -0.384. The predicted octanol–water partition coefficient (Wildman–Crippen LogP) is 4.91.